The third kappa shape index (κ3) is 4.34. The van der Waals surface area contributed by atoms with Gasteiger partial charge >= 0.3 is 12.1 Å². The number of carbonyl (C=O) groups is 1. The minimum absolute atomic E-state index is 0. The smallest absolute Gasteiger partial charge is 0.416 e. The summed E-state index contributed by atoms with van der Waals surface area (Å²) in [7, 11) is 1.21. The van der Waals surface area contributed by atoms with Gasteiger partial charge in [-0.1, -0.05) is 15.9 Å². The van der Waals surface area contributed by atoms with E-state index in [-0.39, 0.29) is 18.0 Å². The summed E-state index contributed by atoms with van der Waals surface area (Å²) in [6.45, 7) is 3.05. The molecule has 120 valence electrons. The Bertz CT molecular complexity index is 521. The van der Waals surface area contributed by atoms with Crippen LogP contribution in [0.2, 0.25) is 0 Å². The summed E-state index contributed by atoms with van der Waals surface area (Å²) in [5, 5.41) is 0. The van der Waals surface area contributed by atoms with Crippen molar-refractivity contribution in [3.05, 3.63) is 33.8 Å². The Kier molecular flexibility index (Phi) is 6.72. The Morgan fingerprint density at radius 3 is 2.29 bits per heavy atom. The van der Waals surface area contributed by atoms with Crippen LogP contribution in [0.25, 0.3) is 0 Å². The van der Waals surface area contributed by atoms with Crippen LogP contribution >= 0.6 is 28.3 Å². The van der Waals surface area contributed by atoms with Crippen LogP contribution in [0.5, 0.6) is 0 Å². The SMILES string of the molecule is COC(=O)C(C)(C)[C@H](N)c1cc(C(F)(F)F)ccc1Br.Cl. The zero-order valence-corrected chi connectivity index (χ0v) is 14.0. The summed E-state index contributed by atoms with van der Waals surface area (Å²) in [5.41, 5.74) is 4.20. The van der Waals surface area contributed by atoms with Gasteiger partial charge < -0.3 is 10.5 Å². The van der Waals surface area contributed by atoms with E-state index in [0.717, 1.165) is 12.1 Å². The number of carbonyl (C=O) groups excluding carboxylic acids is 1. The van der Waals surface area contributed by atoms with Gasteiger partial charge in [-0.3, -0.25) is 4.79 Å². The molecule has 0 spiro atoms. The molecule has 1 aromatic rings. The number of halogens is 5. The highest BCUT2D eigenvalue weighted by molar-refractivity contribution is 9.10. The summed E-state index contributed by atoms with van der Waals surface area (Å²) in [4.78, 5) is 11.7. The summed E-state index contributed by atoms with van der Waals surface area (Å²) in [6.07, 6.45) is -4.47. The second-order valence-corrected chi connectivity index (χ2v) is 5.78. The van der Waals surface area contributed by atoms with E-state index in [1.165, 1.54) is 27.0 Å². The third-order valence-corrected chi connectivity index (χ3v) is 3.87. The summed E-state index contributed by atoms with van der Waals surface area (Å²) in [6, 6.07) is 2.22. The lowest BCUT2D eigenvalue weighted by molar-refractivity contribution is -0.152. The maximum absolute atomic E-state index is 12.7. The van der Waals surface area contributed by atoms with Gasteiger partial charge in [-0.05, 0) is 37.6 Å². The van der Waals surface area contributed by atoms with Gasteiger partial charge in [-0.2, -0.15) is 13.2 Å². The van der Waals surface area contributed by atoms with Crippen LogP contribution in [0.3, 0.4) is 0 Å². The van der Waals surface area contributed by atoms with Crippen molar-refractivity contribution in [1.82, 2.24) is 0 Å². The number of esters is 1. The maximum atomic E-state index is 12.7. The first-order chi connectivity index (χ1) is 9.01. The van der Waals surface area contributed by atoms with Crippen molar-refractivity contribution in [2.24, 2.45) is 11.1 Å². The van der Waals surface area contributed by atoms with E-state index in [1.54, 1.807) is 0 Å². The molecule has 21 heavy (non-hydrogen) atoms. The predicted molar refractivity (Wildman–Crippen MR) is 79.1 cm³/mol. The quantitative estimate of drug-likeness (QED) is 0.791. The number of rotatable bonds is 3. The first kappa shape index (κ1) is 20.2. The highest BCUT2D eigenvalue weighted by Gasteiger charge is 2.39. The predicted octanol–water partition coefficient (Wildman–Crippen LogP) is 4.09. The number of hydrogen-bond donors (Lipinski definition) is 1. The topological polar surface area (TPSA) is 52.3 Å². The fourth-order valence-electron chi connectivity index (χ4n) is 1.74. The minimum atomic E-state index is -4.47. The van der Waals surface area contributed by atoms with Crippen LogP contribution in [-0.4, -0.2) is 13.1 Å². The molecule has 0 aliphatic rings. The van der Waals surface area contributed by atoms with Gasteiger partial charge in [0.05, 0.1) is 18.1 Å². The van der Waals surface area contributed by atoms with Crippen LogP contribution in [0.15, 0.2) is 22.7 Å². The van der Waals surface area contributed by atoms with Gasteiger partial charge in [0.25, 0.3) is 0 Å². The van der Waals surface area contributed by atoms with E-state index in [0.29, 0.717) is 4.47 Å². The molecule has 8 heteroatoms. The van der Waals surface area contributed by atoms with Gasteiger partial charge in [-0.25, -0.2) is 0 Å². The lowest BCUT2D eigenvalue weighted by Gasteiger charge is -2.30. The van der Waals surface area contributed by atoms with Gasteiger partial charge in [0.1, 0.15) is 0 Å². The second-order valence-electron chi connectivity index (χ2n) is 4.92. The monoisotopic (exact) mass is 389 g/mol. The number of nitrogens with two attached hydrogens (primary N) is 1. The van der Waals surface area contributed by atoms with Crippen LogP contribution in [0.4, 0.5) is 13.2 Å². The zero-order chi connectivity index (χ0) is 15.7. The van der Waals surface area contributed by atoms with E-state index < -0.39 is 29.2 Å². The van der Waals surface area contributed by atoms with Crippen molar-refractivity contribution in [2.75, 3.05) is 7.11 Å². The van der Waals surface area contributed by atoms with Gasteiger partial charge in [0, 0.05) is 10.5 Å². The number of benzene rings is 1. The molecular formula is C13H16BrClF3NO2. The fraction of sp³-hybridized carbons (Fsp3) is 0.462. The fourth-order valence-corrected chi connectivity index (χ4v) is 2.23. The normalized spacial score (nSPS) is 13.3. The summed E-state index contributed by atoms with van der Waals surface area (Å²) in [5.74, 6) is -0.589. The van der Waals surface area contributed by atoms with Crippen molar-refractivity contribution in [1.29, 1.82) is 0 Å². The lowest BCUT2D eigenvalue weighted by Crippen LogP contribution is -2.37. The molecule has 1 rings (SSSR count). The molecule has 3 nitrogen and oxygen atoms in total. The molecule has 0 saturated heterocycles. The van der Waals surface area contributed by atoms with Crippen LogP contribution in [0, 0.1) is 5.41 Å². The lowest BCUT2D eigenvalue weighted by atomic mass is 9.80. The molecular weight excluding hydrogens is 374 g/mol. The molecule has 0 heterocycles. The molecule has 0 aromatic heterocycles. The number of hydrogen-bond acceptors (Lipinski definition) is 3. The van der Waals surface area contributed by atoms with Crippen LogP contribution in [-0.2, 0) is 15.7 Å². The Morgan fingerprint density at radius 2 is 1.86 bits per heavy atom. The number of methoxy groups -OCH3 is 1. The van der Waals surface area contributed by atoms with Crippen molar-refractivity contribution in [3.8, 4) is 0 Å². The Morgan fingerprint density at radius 1 is 1.33 bits per heavy atom. The summed E-state index contributed by atoms with van der Waals surface area (Å²) < 4.78 is 43.3. The van der Waals surface area contributed by atoms with Crippen molar-refractivity contribution >= 4 is 34.3 Å². The average molecular weight is 391 g/mol. The van der Waals surface area contributed by atoms with Gasteiger partial charge in [0.2, 0.25) is 0 Å². The third-order valence-electron chi connectivity index (χ3n) is 3.15. The van der Waals surface area contributed by atoms with E-state index >= 15 is 0 Å². The van der Waals surface area contributed by atoms with E-state index in [4.69, 9.17) is 5.73 Å². The average Bonchev–Trinajstić information content (AvgIpc) is 2.35. The number of ether oxygens (including phenoxy) is 1. The summed E-state index contributed by atoms with van der Waals surface area (Å²) >= 11 is 3.16. The molecule has 0 saturated carbocycles. The van der Waals surface area contributed by atoms with E-state index in [1.807, 2.05) is 0 Å². The Labute approximate surface area is 135 Å². The molecule has 0 unspecified atom stereocenters. The minimum Gasteiger partial charge on any atom is -0.469 e. The molecule has 2 N–H and O–H groups in total. The first-order valence-electron chi connectivity index (χ1n) is 5.72. The Balaban J connectivity index is 0.00000400. The van der Waals surface area contributed by atoms with E-state index in [2.05, 4.69) is 20.7 Å². The van der Waals surface area contributed by atoms with Crippen LogP contribution in [0.1, 0.15) is 31.0 Å². The van der Waals surface area contributed by atoms with Gasteiger partial charge in [0.15, 0.2) is 0 Å². The first-order valence-corrected chi connectivity index (χ1v) is 6.51. The van der Waals surface area contributed by atoms with Crippen LogP contribution < -0.4 is 5.73 Å². The molecule has 0 radical (unpaired) electrons. The second kappa shape index (κ2) is 6.98. The van der Waals surface area contributed by atoms with E-state index in [9.17, 15) is 18.0 Å². The highest BCUT2D eigenvalue weighted by atomic mass is 79.9. The molecule has 0 aliphatic carbocycles. The zero-order valence-electron chi connectivity index (χ0n) is 11.6. The van der Waals surface area contributed by atoms with Crippen molar-refractivity contribution in [2.45, 2.75) is 26.1 Å². The van der Waals surface area contributed by atoms with Crippen molar-refractivity contribution < 1.29 is 22.7 Å². The standard InChI is InChI=1S/C13H15BrF3NO2.ClH/c1-12(2,11(19)20-3)10(18)8-6-7(13(15,16)17)4-5-9(8)14;/h4-6,10H,18H2,1-3H3;1H/t10-;/m1./s1. The highest BCUT2D eigenvalue weighted by Crippen LogP contribution is 2.39. The largest absolute Gasteiger partial charge is 0.469 e. The van der Waals surface area contributed by atoms with Crippen molar-refractivity contribution in [3.63, 3.8) is 0 Å². The maximum Gasteiger partial charge on any atom is 0.416 e. The molecule has 1 aromatic carbocycles. The van der Waals surface area contributed by atoms with Gasteiger partial charge in [-0.15, -0.1) is 12.4 Å². The Hall–Kier alpha value is -0.790. The molecule has 0 aliphatic heterocycles. The molecule has 0 amide bonds. The molecule has 0 fully saturated rings. The number of alkyl halides is 3. The molecule has 0 bridgehead atoms. The molecule has 1 atom stereocenters.